The first-order valence-corrected chi connectivity index (χ1v) is 13.6. The first kappa shape index (κ1) is 25.2. The molecular formula is C17H39O6PSi. The van der Waals surface area contributed by atoms with Crippen LogP contribution in [0.4, 0.5) is 0 Å². The van der Waals surface area contributed by atoms with E-state index in [1.807, 2.05) is 20.8 Å². The van der Waals surface area contributed by atoms with Crippen molar-refractivity contribution >= 4 is 16.4 Å². The summed E-state index contributed by atoms with van der Waals surface area (Å²) in [6.07, 6.45) is 9.64. The van der Waals surface area contributed by atoms with Gasteiger partial charge >= 0.3 is 16.4 Å². The van der Waals surface area contributed by atoms with Crippen LogP contribution in [-0.2, 0) is 17.8 Å². The lowest BCUT2D eigenvalue weighted by atomic mass is 10.1. The van der Waals surface area contributed by atoms with E-state index in [0.29, 0.717) is 26.2 Å². The normalized spacial score (nSPS) is 12.7. The lowest BCUT2D eigenvalue weighted by molar-refractivity contribution is 0.0706. The molecule has 0 bridgehead atoms. The Bertz CT molecular complexity index is 333. The Hall–Kier alpha value is 0.247. The number of hydrogen-bond donors (Lipinski definition) is 2. The quantitative estimate of drug-likeness (QED) is 0.197. The van der Waals surface area contributed by atoms with Crippen LogP contribution < -0.4 is 0 Å². The molecule has 0 aliphatic rings. The maximum atomic E-state index is 10.7. The maximum absolute atomic E-state index is 10.7. The second-order valence-corrected chi connectivity index (χ2v) is 10.8. The average Bonchev–Trinajstić information content (AvgIpc) is 2.52. The van der Waals surface area contributed by atoms with Gasteiger partial charge in [0.15, 0.2) is 0 Å². The Morgan fingerprint density at radius 2 is 1.04 bits per heavy atom. The Balaban J connectivity index is 3.67. The molecule has 0 saturated carbocycles. The molecule has 0 radical (unpaired) electrons. The number of unbranched alkanes of at least 4 members (excludes halogenated alkanes) is 8. The minimum atomic E-state index is -3.80. The highest BCUT2D eigenvalue weighted by molar-refractivity contribution is 7.51. The fourth-order valence-corrected chi connectivity index (χ4v) is 6.22. The molecule has 0 spiro atoms. The summed E-state index contributed by atoms with van der Waals surface area (Å²) in [6.45, 7) is 7.86. The molecule has 0 amide bonds. The average molecular weight is 399 g/mol. The second-order valence-electron chi connectivity index (χ2n) is 6.30. The fourth-order valence-electron chi connectivity index (χ4n) is 2.90. The Labute approximate surface area is 155 Å². The van der Waals surface area contributed by atoms with E-state index in [-0.39, 0.29) is 6.16 Å². The largest absolute Gasteiger partial charge is 0.500 e. The van der Waals surface area contributed by atoms with E-state index in [4.69, 9.17) is 23.1 Å². The van der Waals surface area contributed by atoms with Gasteiger partial charge in [-0.25, -0.2) is 0 Å². The minimum Gasteiger partial charge on any atom is -0.374 e. The summed E-state index contributed by atoms with van der Waals surface area (Å²) in [6, 6.07) is 0.894. The van der Waals surface area contributed by atoms with E-state index in [0.717, 1.165) is 31.7 Å². The van der Waals surface area contributed by atoms with Crippen molar-refractivity contribution < 1.29 is 27.6 Å². The zero-order valence-electron chi connectivity index (χ0n) is 16.4. The van der Waals surface area contributed by atoms with E-state index >= 15 is 0 Å². The summed E-state index contributed by atoms with van der Waals surface area (Å²) in [4.78, 5) is 17.6. The summed E-state index contributed by atoms with van der Waals surface area (Å²) in [5.41, 5.74) is 0. The van der Waals surface area contributed by atoms with Crippen molar-refractivity contribution in [3.63, 3.8) is 0 Å². The molecular weight excluding hydrogens is 359 g/mol. The van der Waals surface area contributed by atoms with Crippen molar-refractivity contribution in [3.8, 4) is 0 Å². The molecule has 0 aliphatic heterocycles. The van der Waals surface area contributed by atoms with E-state index < -0.39 is 16.4 Å². The van der Waals surface area contributed by atoms with E-state index in [2.05, 4.69) is 0 Å². The van der Waals surface area contributed by atoms with E-state index in [1.165, 1.54) is 25.7 Å². The van der Waals surface area contributed by atoms with Crippen molar-refractivity contribution in [1.29, 1.82) is 0 Å². The zero-order valence-corrected chi connectivity index (χ0v) is 18.3. The van der Waals surface area contributed by atoms with Gasteiger partial charge in [0.1, 0.15) is 0 Å². The van der Waals surface area contributed by atoms with Gasteiger partial charge in [0.2, 0.25) is 0 Å². The van der Waals surface area contributed by atoms with Crippen LogP contribution in [0.25, 0.3) is 0 Å². The van der Waals surface area contributed by atoms with Gasteiger partial charge in [-0.15, -0.1) is 0 Å². The Morgan fingerprint density at radius 1 is 0.680 bits per heavy atom. The highest BCUT2D eigenvalue weighted by atomic mass is 31.2. The Morgan fingerprint density at radius 3 is 1.40 bits per heavy atom. The summed E-state index contributed by atoms with van der Waals surface area (Å²) >= 11 is 0. The standard InChI is InChI=1S/C17H39O6PSi/c1-4-21-25(22-5-2,23-6-3)17-15-13-11-9-7-8-10-12-14-16-24(18,19)20/h4-17H2,1-3H3,(H2,18,19,20). The number of hydrogen-bond acceptors (Lipinski definition) is 4. The summed E-state index contributed by atoms with van der Waals surface area (Å²) in [5.74, 6) is 0. The fraction of sp³-hybridized carbons (Fsp3) is 1.00. The smallest absolute Gasteiger partial charge is 0.374 e. The van der Waals surface area contributed by atoms with Gasteiger partial charge < -0.3 is 23.1 Å². The lowest BCUT2D eigenvalue weighted by Gasteiger charge is -2.28. The molecule has 0 aliphatic carbocycles. The first-order valence-electron chi connectivity index (χ1n) is 9.85. The number of rotatable bonds is 18. The first-order chi connectivity index (χ1) is 11.9. The molecule has 2 N–H and O–H groups in total. The SMILES string of the molecule is CCO[Si](CCCCCCCCCCCP(=O)(O)O)(OCC)OCC. The topological polar surface area (TPSA) is 85.2 Å². The van der Waals surface area contributed by atoms with Crippen molar-refractivity contribution in [2.75, 3.05) is 26.0 Å². The minimum absolute atomic E-state index is 0.0259. The molecule has 0 heterocycles. The summed E-state index contributed by atoms with van der Waals surface area (Å²) in [5, 5.41) is 0. The van der Waals surface area contributed by atoms with Gasteiger partial charge in [-0.2, -0.15) is 0 Å². The van der Waals surface area contributed by atoms with Crippen molar-refractivity contribution in [2.24, 2.45) is 0 Å². The van der Waals surface area contributed by atoms with Crippen LogP contribution >= 0.6 is 7.60 Å². The van der Waals surface area contributed by atoms with Crippen molar-refractivity contribution in [3.05, 3.63) is 0 Å². The van der Waals surface area contributed by atoms with Gasteiger partial charge in [0.25, 0.3) is 0 Å². The second kappa shape index (κ2) is 15.3. The van der Waals surface area contributed by atoms with Gasteiger partial charge in [-0.05, 0) is 33.6 Å². The van der Waals surface area contributed by atoms with Crippen LogP contribution in [0.1, 0.15) is 78.6 Å². The van der Waals surface area contributed by atoms with Gasteiger partial charge in [0.05, 0.1) is 0 Å². The predicted molar refractivity (Wildman–Crippen MR) is 104 cm³/mol. The van der Waals surface area contributed by atoms with Crippen LogP contribution in [0.2, 0.25) is 6.04 Å². The highest BCUT2D eigenvalue weighted by Crippen LogP contribution is 2.35. The third kappa shape index (κ3) is 15.0. The summed E-state index contributed by atoms with van der Waals surface area (Å²) in [7, 11) is -6.26. The van der Waals surface area contributed by atoms with Gasteiger partial charge in [0, 0.05) is 32.0 Å². The van der Waals surface area contributed by atoms with Crippen molar-refractivity contribution in [2.45, 2.75) is 84.6 Å². The molecule has 0 rings (SSSR count). The van der Waals surface area contributed by atoms with Gasteiger partial charge in [-0.3, -0.25) is 4.57 Å². The monoisotopic (exact) mass is 398 g/mol. The van der Waals surface area contributed by atoms with E-state index in [9.17, 15) is 4.57 Å². The molecule has 6 nitrogen and oxygen atoms in total. The van der Waals surface area contributed by atoms with Crippen LogP contribution in [0.15, 0.2) is 0 Å². The maximum Gasteiger partial charge on any atom is 0.500 e. The Kier molecular flexibility index (Phi) is 15.5. The predicted octanol–water partition coefficient (Wildman–Crippen LogP) is 4.72. The van der Waals surface area contributed by atoms with Crippen molar-refractivity contribution in [1.82, 2.24) is 0 Å². The molecule has 0 atom stereocenters. The highest BCUT2D eigenvalue weighted by Gasteiger charge is 2.39. The van der Waals surface area contributed by atoms with Crippen LogP contribution in [-0.4, -0.2) is 44.6 Å². The molecule has 25 heavy (non-hydrogen) atoms. The third-order valence-corrected chi connectivity index (χ3v) is 8.08. The molecule has 0 aromatic carbocycles. The molecule has 0 aromatic rings. The van der Waals surface area contributed by atoms with Gasteiger partial charge in [-0.1, -0.05) is 44.9 Å². The van der Waals surface area contributed by atoms with Crippen LogP contribution in [0.5, 0.6) is 0 Å². The lowest BCUT2D eigenvalue weighted by Crippen LogP contribution is -2.45. The molecule has 152 valence electrons. The van der Waals surface area contributed by atoms with Crippen LogP contribution in [0, 0.1) is 0 Å². The molecule has 8 heteroatoms. The van der Waals surface area contributed by atoms with E-state index in [1.54, 1.807) is 0 Å². The zero-order chi connectivity index (χ0) is 19.0. The molecule has 0 saturated heterocycles. The molecule has 0 unspecified atom stereocenters. The third-order valence-electron chi connectivity index (χ3n) is 4.03. The summed E-state index contributed by atoms with van der Waals surface area (Å²) < 4.78 is 28.3. The molecule has 0 aromatic heterocycles. The van der Waals surface area contributed by atoms with Crippen LogP contribution in [0.3, 0.4) is 0 Å². The molecule has 0 fully saturated rings.